The van der Waals surface area contributed by atoms with Gasteiger partial charge in [-0.3, -0.25) is 0 Å². The molecule has 33 heavy (non-hydrogen) atoms. The standard InChI is InChI=1S/C24H28FN5O3/c1-16(24(2,3)32)28-22-26-14-13-21(29-22)30(18-9-11-19(33-4)12-10-18)23(31)27-15-17-7-5-6-8-20(17)25/h5-14,16,32H,15H2,1-4H3,(H,27,31)(H,26,28,29)/t16-/m0/s1. The molecule has 0 fully saturated rings. The van der Waals surface area contributed by atoms with Crippen molar-refractivity contribution >= 4 is 23.5 Å². The molecule has 0 bridgehead atoms. The third-order valence-corrected chi connectivity index (χ3v) is 5.20. The van der Waals surface area contributed by atoms with E-state index in [1.54, 1.807) is 76.4 Å². The smallest absolute Gasteiger partial charge is 0.327 e. The van der Waals surface area contributed by atoms with E-state index in [0.29, 0.717) is 22.8 Å². The van der Waals surface area contributed by atoms with Crippen LogP contribution in [0.1, 0.15) is 26.3 Å². The molecule has 1 atom stereocenters. The molecule has 0 unspecified atom stereocenters. The minimum absolute atomic E-state index is 0.00406. The van der Waals surface area contributed by atoms with Crippen LogP contribution < -0.4 is 20.3 Å². The highest BCUT2D eigenvalue weighted by molar-refractivity contribution is 5.98. The number of nitrogens with one attached hydrogen (secondary N) is 2. The molecule has 8 nitrogen and oxygen atoms in total. The molecular weight excluding hydrogens is 425 g/mol. The van der Waals surface area contributed by atoms with Gasteiger partial charge in [-0.25, -0.2) is 19.1 Å². The zero-order valence-electron chi connectivity index (χ0n) is 19.0. The molecule has 3 aromatic rings. The maximum absolute atomic E-state index is 14.0. The molecule has 3 N–H and O–H groups in total. The number of halogens is 1. The second kappa shape index (κ2) is 10.3. The van der Waals surface area contributed by atoms with Crippen LogP contribution in [0, 0.1) is 5.82 Å². The van der Waals surface area contributed by atoms with Crippen molar-refractivity contribution in [2.45, 2.75) is 39.0 Å². The number of hydrogen-bond donors (Lipinski definition) is 3. The number of ether oxygens (including phenoxy) is 1. The lowest BCUT2D eigenvalue weighted by Gasteiger charge is -2.27. The van der Waals surface area contributed by atoms with E-state index < -0.39 is 17.4 Å². The van der Waals surface area contributed by atoms with E-state index in [1.807, 2.05) is 0 Å². The van der Waals surface area contributed by atoms with Crippen molar-refractivity contribution in [1.82, 2.24) is 15.3 Å². The number of anilines is 3. The van der Waals surface area contributed by atoms with Crippen LogP contribution in [0.2, 0.25) is 0 Å². The highest BCUT2D eigenvalue weighted by Crippen LogP contribution is 2.27. The van der Waals surface area contributed by atoms with E-state index in [9.17, 15) is 14.3 Å². The molecule has 1 heterocycles. The summed E-state index contributed by atoms with van der Waals surface area (Å²) in [5, 5.41) is 16.0. The number of aromatic nitrogens is 2. The number of carbonyl (C=O) groups is 1. The fourth-order valence-electron chi connectivity index (χ4n) is 2.89. The van der Waals surface area contributed by atoms with E-state index in [0.717, 1.165) is 0 Å². The minimum Gasteiger partial charge on any atom is -0.497 e. The summed E-state index contributed by atoms with van der Waals surface area (Å²) >= 11 is 0. The molecule has 0 spiro atoms. The van der Waals surface area contributed by atoms with E-state index in [4.69, 9.17) is 4.74 Å². The van der Waals surface area contributed by atoms with Gasteiger partial charge in [0.2, 0.25) is 5.95 Å². The minimum atomic E-state index is -1.01. The Labute approximate surface area is 192 Å². The third kappa shape index (κ3) is 6.17. The van der Waals surface area contributed by atoms with Crippen molar-refractivity contribution in [2.24, 2.45) is 0 Å². The molecule has 0 aliphatic heterocycles. The number of benzene rings is 2. The second-order valence-corrected chi connectivity index (χ2v) is 8.04. The first kappa shape index (κ1) is 23.9. The molecule has 174 valence electrons. The zero-order valence-corrected chi connectivity index (χ0v) is 19.0. The quantitative estimate of drug-likeness (QED) is 0.472. The van der Waals surface area contributed by atoms with Crippen LogP contribution in [-0.4, -0.2) is 39.9 Å². The summed E-state index contributed by atoms with van der Waals surface area (Å²) in [6, 6.07) is 13.9. The van der Waals surface area contributed by atoms with Gasteiger partial charge < -0.3 is 20.5 Å². The summed E-state index contributed by atoms with van der Waals surface area (Å²) < 4.78 is 19.2. The summed E-state index contributed by atoms with van der Waals surface area (Å²) in [6.45, 7) is 5.16. The Balaban J connectivity index is 1.91. The van der Waals surface area contributed by atoms with Crippen LogP contribution in [-0.2, 0) is 6.54 Å². The first-order valence-corrected chi connectivity index (χ1v) is 10.5. The molecule has 9 heteroatoms. The summed E-state index contributed by atoms with van der Waals surface area (Å²) in [5.41, 5.74) is -0.113. The maximum atomic E-state index is 14.0. The van der Waals surface area contributed by atoms with Crippen molar-refractivity contribution in [3.8, 4) is 5.75 Å². The maximum Gasteiger partial charge on any atom is 0.327 e. The molecule has 0 saturated carbocycles. The molecule has 0 saturated heterocycles. The van der Waals surface area contributed by atoms with Crippen molar-refractivity contribution in [2.75, 3.05) is 17.3 Å². The highest BCUT2D eigenvalue weighted by atomic mass is 19.1. The van der Waals surface area contributed by atoms with Crippen molar-refractivity contribution < 1.29 is 19.0 Å². The fraction of sp³-hybridized carbons (Fsp3) is 0.292. The average Bonchev–Trinajstić information content (AvgIpc) is 2.79. The van der Waals surface area contributed by atoms with Gasteiger partial charge in [0, 0.05) is 24.4 Å². The molecule has 0 aliphatic carbocycles. The Hall–Kier alpha value is -3.72. The van der Waals surface area contributed by atoms with Crippen molar-refractivity contribution in [3.05, 3.63) is 72.2 Å². The zero-order chi connectivity index (χ0) is 24.0. The van der Waals surface area contributed by atoms with Crippen LogP contribution in [0.25, 0.3) is 0 Å². The topological polar surface area (TPSA) is 99.6 Å². The lowest BCUT2D eigenvalue weighted by molar-refractivity contribution is 0.0646. The first-order valence-electron chi connectivity index (χ1n) is 10.5. The Bertz CT molecular complexity index is 1090. The van der Waals surface area contributed by atoms with Gasteiger partial charge in [-0.15, -0.1) is 0 Å². The summed E-state index contributed by atoms with van der Waals surface area (Å²) in [5.74, 6) is 0.784. The van der Waals surface area contributed by atoms with E-state index in [1.165, 1.54) is 17.2 Å². The number of urea groups is 1. The molecule has 0 radical (unpaired) electrons. The van der Waals surface area contributed by atoms with Crippen LogP contribution in [0.15, 0.2) is 60.8 Å². The van der Waals surface area contributed by atoms with Crippen LogP contribution >= 0.6 is 0 Å². The largest absolute Gasteiger partial charge is 0.497 e. The van der Waals surface area contributed by atoms with Crippen LogP contribution in [0.3, 0.4) is 0 Å². The number of amides is 2. The molecule has 1 aromatic heterocycles. The molecule has 2 amide bonds. The number of rotatable bonds is 8. The van der Waals surface area contributed by atoms with Gasteiger partial charge in [0.25, 0.3) is 0 Å². The molecule has 3 rings (SSSR count). The van der Waals surface area contributed by atoms with Crippen molar-refractivity contribution in [3.63, 3.8) is 0 Å². The second-order valence-electron chi connectivity index (χ2n) is 8.04. The van der Waals surface area contributed by atoms with Gasteiger partial charge >= 0.3 is 6.03 Å². The number of aliphatic hydroxyl groups is 1. The van der Waals surface area contributed by atoms with E-state index >= 15 is 0 Å². The number of nitrogens with zero attached hydrogens (tertiary/aromatic N) is 3. The molecule has 0 aliphatic rings. The summed E-state index contributed by atoms with van der Waals surface area (Å²) in [4.78, 5) is 23.2. The lowest BCUT2D eigenvalue weighted by Crippen LogP contribution is -2.40. The normalized spacial score (nSPS) is 12.1. The highest BCUT2D eigenvalue weighted by Gasteiger charge is 2.24. The van der Waals surface area contributed by atoms with Gasteiger partial charge in [-0.1, -0.05) is 18.2 Å². The van der Waals surface area contributed by atoms with E-state index in [2.05, 4.69) is 20.6 Å². The number of methoxy groups -OCH3 is 1. The Morgan fingerprint density at radius 3 is 2.52 bits per heavy atom. The van der Waals surface area contributed by atoms with Gasteiger partial charge in [0.15, 0.2) is 0 Å². The monoisotopic (exact) mass is 453 g/mol. The van der Waals surface area contributed by atoms with Crippen LogP contribution in [0.4, 0.5) is 26.6 Å². The molecular formula is C24H28FN5O3. The van der Waals surface area contributed by atoms with Crippen LogP contribution in [0.5, 0.6) is 5.75 Å². The number of hydrogen-bond acceptors (Lipinski definition) is 6. The SMILES string of the molecule is COc1ccc(N(C(=O)NCc2ccccc2F)c2ccnc(N[C@@H](C)C(C)(C)O)n2)cc1. The Morgan fingerprint density at radius 2 is 1.88 bits per heavy atom. The van der Waals surface area contributed by atoms with Gasteiger partial charge in [0.05, 0.1) is 24.4 Å². The summed E-state index contributed by atoms with van der Waals surface area (Å²) in [7, 11) is 1.56. The predicted octanol–water partition coefficient (Wildman–Crippen LogP) is 4.24. The third-order valence-electron chi connectivity index (χ3n) is 5.20. The fourth-order valence-corrected chi connectivity index (χ4v) is 2.89. The Kier molecular flexibility index (Phi) is 7.44. The van der Waals surface area contributed by atoms with Gasteiger partial charge in [-0.2, -0.15) is 4.98 Å². The van der Waals surface area contributed by atoms with Gasteiger partial charge in [-0.05, 0) is 51.1 Å². The van der Waals surface area contributed by atoms with E-state index in [-0.39, 0.29) is 18.5 Å². The predicted molar refractivity (Wildman–Crippen MR) is 125 cm³/mol. The lowest BCUT2D eigenvalue weighted by atomic mass is 10.0. The van der Waals surface area contributed by atoms with Gasteiger partial charge in [0.1, 0.15) is 17.4 Å². The van der Waals surface area contributed by atoms with Crippen molar-refractivity contribution in [1.29, 1.82) is 0 Å². The first-order chi connectivity index (χ1) is 15.7. The number of carbonyl (C=O) groups excluding carboxylic acids is 1. The summed E-state index contributed by atoms with van der Waals surface area (Å²) in [6.07, 6.45) is 1.52. The molecule has 2 aromatic carbocycles. The average molecular weight is 454 g/mol. The Morgan fingerprint density at radius 1 is 1.18 bits per heavy atom.